The Morgan fingerprint density at radius 2 is 1.63 bits per heavy atom. The Morgan fingerprint density at radius 1 is 0.833 bits per heavy atom. The molecule has 1 saturated heterocycles. The smallest absolute Gasteiger partial charge is 0.207 e. The Labute approximate surface area is 180 Å². The molecule has 0 spiro atoms. The Morgan fingerprint density at radius 3 is 2.50 bits per heavy atom. The summed E-state index contributed by atoms with van der Waals surface area (Å²) in [6, 6.07) is 24.2. The molecule has 1 atom stereocenters. The quantitative estimate of drug-likeness (QED) is 0.428. The van der Waals surface area contributed by atoms with Crippen LogP contribution in [-0.2, 0) is 22.9 Å². The normalized spacial score (nSPS) is 19.1. The van der Waals surface area contributed by atoms with E-state index in [4.69, 9.17) is 0 Å². The highest BCUT2D eigenvalue weighted by atomic mass is 32.2. The van der Waals surface area contributed by atoms with E-state index in [1.807, 2.05) is 30.3 Å². The standard InChI is InChI=1S/C25H21NO2S2/c27-30(28,21-12-10-17-4-1-2-5-20(17)16-21)26-14-15-29-25(26)23-13-11-19-9-8-18-6-3-7-22(23)24(18)19/h1-7,10-13,16,25H,8-9,14-15H2/t25-/m0/s1. The lowest BCUT2D eigenvalue weighted by atomic mass is 10.00. The molecule has 0 unspecified atom stereocenters. The fraction of sp³-hybridized carbons (Fsp3) is 0.200. The van der Waals surface area contributed by atoms with Crippen molar-refractivity contribution in [2.24, 2.45) is 0 Å². The first-order valence-corrected chi connectivity index (χ1v) is 12.8. The fourth-order valence-electron chi connectivity index (χ4n) is 4.89. The summed E-state index contributed by atoms with van der Waals surface area (Å²) in [6.45, 7) is 0.535. The number of hydrogen-bond donors (Lipinski definition) is 0. The van der Waals surface area contributed by atoms with Crippen LogP contribution in [0.3, 0.4) is 0 Å². The lowest BCUT2D eigenvalue weighted by molar-refractivity contribution is 0.435. The van der Waals surface area contributed by atoms with Crippen LogP contribution in [-0.4, -0.2) is 25.0 Å². The zero-order valence-electron chi connectivity index (χ0n) is 16.4. The highest BCUT2D eigenvalue weighted by Crippen LogP contribution is 2.45. The van der Waals surface area contributed by atoms with Crippen LogP contribution in [0.25, 0.3) is 21.5 Å². The van der Waals surface area contributed by atoms with Crippen LogP contribution < -0.4 is 0 Å². The van der Waals surface area contributed by atoms with Crippen molar-refractivity contribution in [2.75, 3.05) is 12.3 Å². The Hall–Kier alpha value is -2.34. The van der Waals surface area contributed by atoms with E-state index in [1.54, 1.807) is 28.2 Å². The molecule has 1 aliphatic heterocycles. The first-order valence-electron chi connectivity index (χ1n) is 10.3. The second-order valence-corrected chi connectivity index (χ2v) is 11.1. The van der Waals surface area contributed by atoms with Gasteiger partial charge in [-0.3, -0.25) is 0 Å². The van der Waals surface area contributed by atoms with E-state index in [9.17, 15) is 8.42 Å². The van der Waals surface area contributed by atoms with E-state index in [0.29, 0.717) is 11.4 Å². The molecule has 0 aromatic heterocycles. The summed E-state index contributed by atoms with van der Waals surface area (Å²) in [5, 5.41) is 4.36. The van der Waals surface area contributed by atoms with E-state index in [2.05, 4.69) is 30.3 Å². The molecule has 150 valence electrons. The maximum absolute atomic E-state index is 13.7. The molecular formula is C25H21NO2S2. The maximum atomic E-state index is 13.7. The first-order chi connectivity index (χ1) is 14.6. The van der Waals surface area contributed by atoms with Gasteiger partial charge in [-0.1, -0.05) is 60.7 Å². The van der Waals surface area contributed by atoms with Crippen molar-refractivity contribution in [3.8, 4) is 0 Å². The molecule has 4 aromatic carbocycles. The third-order valence-corrected chi connectivity index (χ3v) is 9.59. The van der Waals surface area contributed by atoms with Crippen molar-refractivity contribution in [3.63, 3.8) is 0 Å². The van der Waals surface area contributed by atoms with Crippen LogP contribution in [0.4, 0.5) is 0 Å². The number of thioether (sulfide) groups is 1. The summed E-state index contributed by atoms with van der Waals surface area (Å²) in [4.78, 5) is 0.375. The van der Waals surface area contributed by atoms with Gasteiger partial charge < -0.3 is 0 Å². The predicted molar refractivity (Wildman–Crippen MR) is 124 cm³/mol. The van der Waals surface area contributed by atoms with Crippen molar-refractivity contribution < 1.29 is 8.42 Å². The lowest BCUT2D eigenvalue weighted by Crippen LogP contribution is -2.30. The zero-order valence-corrected chi connectivity index (χ0v) is 18.0. The molecule has 3 nitrogen and oxygen atoms in total. The Bertz CT molecular complexity index is 1400. The molecule has 6 rings (SSSR count). The van der Waals surface area contributed by atoms with Crippen LogP contribution in [0, 0.1) is 0 Å². The van der Waals surface area contributed by atoms with Crippen LogP contribution in [0.2, 0.25) is 0 Å². The zero-order chi connectivity index (χ0) is 20.3. The van der Waals surface area contributed by atoms with Crippen molar-refractivity contribution >= 4 is 43.3 Å². The topological polar surface area (TPSA) is 37.4 Å². The van der Waals surface area contributed by atoms with Crippen LogP contribution >= 0.6 is 11.8 Å². The van der Waals surface area contributed by atoms with Crippen molar-refractivity contribution in [2.45, 2.75) is 23.1 Å². The van der Waals surface area contributed by atoms with Crippen LogP contribution in [0.15, 0.2) is 77.7 Å². The summed E-state index contributed by atoms with van der Waals surface area (Å²) in [7, 11) is -3.59. The molecule has 1 heterocycles. The van der Waals surface area contributed by atoms with Gasteiger partial charge in [0.05, 0.1) is 10.3 Å². The third kappa shape index (κ3) is 2.73. The second-order valence-electron chi connectivity index (χ2n) is 8.00. The minimum atomic E-state index is -3.59. The van der Waals surface area contributed by atoms with E-state index in [-0.39, 0.29) is 5.37 Å². The average Bonchev–Trinajstić information content (AvgIpc) is 3.43. The number of hydrogen-bond acceptors (Lipinski definition) is 3. The molecular weight excluding hydrogens is 410 g/mol. The molecule has 0 N–H and O–H groups in total. The summed E-state index contributed by atoms with van der Waals surface area (Å²) in [5.74, 6) is 0.806. The van der Waals surface area contributed by atoms with Crippen molar-refractivity contribution in [1.29, 1.82) is 0 Å². The van der Waals surface area contributed by atoms with Gasteiger partial charge in [0.15, 0.2) is 0 Å². The SMILES string of the molecule is O=S(=O)(c1ccc2ccccc2c1)N1CCS[C@H]1c1ccc2c3c(cccc13)CC2. The van der Waals surface area contributed by atoms with Crippen molar-refractivity contribution in [3.05, 3.63) is 89.5 Å². The largest absolute Gasteiger partial charge is 0.244 e. The summed E-state index contributed by atoms with van der Waals surface area (Å²) in [5.41, 5.74) is 3.89. The highest BCUT2D eigenvalue weighted by molar-refractivity contribution is 8.01. The minimum absolute atomic E-state index is 0.189. The Balaban J connectivity index is 1.46. The van der Waals surface area contributed by atoms with Crippen LogP contribution in [0.5, 0.6) is 0 Å². The van der Waals surface area contributed by atoms with Gasteiger partial charge in [-0.25, -0.2) is 8.42 Å². The van der Waals surface area contributed by atoms with Gasteiger partial charge in [0, 0.05) is 12.3 Å². The second kappa shape index (κ2) is 6.84. The number of fused-ring (bicyclic) bond motifs is 1. The van der Waals surface area contributed by atoms with Gasteiger partial charge in [-0.2, -0.15) is 4.31 Å². The summed E-state index contributed by atoms with van der Waals surface area (Å²) >= 11 is 1.72. The predicted octanol–water partition coefficient (Wildman–Crippen LogP) is 5.53. The van der Waals surface area contributed by atoms with Gasteiger partial charge in [-0.05, 0) is 63.2 Å². The maximum Gasteiger partial charge on any atom is 0.244 e. The minimum Gasteiger partial charge on any atom is -0.207 e. The number of aryl methyl sites for hydroxylation is 2. The molecule has 1 fully saturated rings. The van der Waals surface area contributed by atoms with Crippen LogP contribution in [0.1, 0.15) is 22.1 Å². The molecule has 0 radical (unpaired) electrons. The lowest BCUT2D eigenvalue weighted by Gasteiger charge is -2.25. The summed E-state index contributed by atoms with van der Waals surface area (Å²) < 4.78 is 29.0. The number of benzene rings is 4. The van der Waals surface area contributed by atoms with Gasteiger partial charge >= 0.3 is 0 Å². The molecule has 2 aliphatic rings. The molecule has 4 aromatic rings. The molecule has 30 heavy (non-hydrogen) atoms. The van der Waals surface area contributed by atoms with Gasteiger partial charge in [0.25, 0.3) is 0 Å². The number of sulfonamides is 1. The van der Waals surface area contributed by atoms with E-state index < -0.39 is 10.0 Å². The average molecular weight is 432 g/mol. The van der Waals surface area contributed by atoms with Gasteiger partial charge in [0.2, 0.25) is 10.0 Å². The first kappa shape index (κ1) is 18.4. The molecule has 0 saturated carbocycles. The molecule has 5 heteroatoms. The molecule has 0 bridgehead atoms. The van der Waals surface area contributed by atoms with Gasteiger partial charge in [-0.15, -0.1) is 11.8 Å². The van der Waals surface area contributed by atoms with E-state index in [0.717, 1.165) is 34.9 Å². The number of nitrogens with zero attached hydrogens (tertiary/aromatic N) is 1. The third-order valence-electron chi connectivity index (χ3n) is 6.35. The number of rotatable bonds is 3. The summed E-state index contributed by atoms with van der Waals surface area (Å²) in [6.07, 6.45) is 2.15. The molecule has 1 aliphatic carbocycles. The highest BCUT2D eigenvalue weighted by Gasteiger charge is 2.38. The van der Waals surface area contributed by atoms with Gasteiger partial charge in [0.1, 0.15) is 0 Å². The van der Waals surface area contributed by atoms with E-state index in [1.165, 1.54) is 21.9 Å². The van der Waals surface area contributed by atoms with E-state index >= 15 is 0 Å². The monoisotopic (exact) mass is 431 g/mol. The fourth-order valence-corrected chi connectivity index (χ4v) is 8.20. The Kier molecular flexibility index (Phi) is 4.20. The molecule has 0 amide bonds. The van der Waals surface area contributed by atoms with Crippen molar-refractivity contribution in [1.82, 2.24) is 4.31 Å².